The molecule has 0 aliphatic heterocycles. The number of hydrogen-bond acceptors (Lipinski definition) is 2. The Hall–Kier alpha value is -1.35. The molecule has 0 bridgehead atoms. The highest BCUT2D eigenvalue weighted by Crippen LogP contribution is 2.21. The van der Waals surface area contributed by atoms with Crippen molar-refractivity contribution in [3.8, 4) is 0 Å². The average Bonchev–Trinajstić information content (AvgIpc) is 2.29. The van der Waals surface area contributed by atoms with Gasteiger partial charge in [-0.3, -0.25) is 0 Å². The molecule has 0 amide bonds. The molecule has 0 spiro atoms. The molecule has 0 atom stereocenters. The summed E-state index contributed by atoms with van der Waals surface area (Å²) in [5, 5.41) is 5.54. The van der Waals surface area contributed by atoms with Gasteiger partial charge in [0.25, 0.3) is 0 Å². The highest BCUT2D eigenvalue weighted by molar-refractivity contribution is 9.10. The third kappa shape index (κ3) is 3.07. The Balaban J connectivity index is 2.26. The largest absolute Gasteiger partial charge is 0.344 e. The van der Waals surface area contributed by atoms with Crippen molar-refractivity contribution in [2.24, 2.45) is 0 Å². The van der Waals surface area contributed by atoms with E-state index in [1.54, 1.807) is 0 Å². The van der Waals surface area contributed by atoms with Crippen LogP contribution in [0.2, 0.25) is 0 Å². The Morgan fingerprint density at radius 3 is 2.94 bits per heavy atom. The van der Waals surface area contributed by atoms with Crippen LogP contribution in [0.1, 0.15) is 19.8 Å². The SMILES string of the molecule is C=C(CCC)Nc1cc2ccc(Br)cc2cn1. The molecule has 0 saturated carbocycles. The molecule has 0 aliphatic carbocycles. The van der Waals surface area contributed by atoms with Gasteiger partial charge in [-0.25, -0.2) is 4.98 Å². The van der Waals surface area contributed by atoms with Crippen molar-refractivity contribution in [3.63, 3.8) is 0 Å². The van der Waals surface area contributed by atoms with Gasteiger partial charge in [0.2, 0.25) is 0 Å². The maximum Gasteiger partial charge on any atom is 0.130 e. The fourth-order valence-electron chi connectivity index (χ4n) is 1.73. The summed E-state index contributed by atoms with van der Waals surface area (Å²) in [4.78, 5) is 4.38. The Labute approximate surface area is 110 Å². The zero-order chi connectivity index (χ0) is 12.3. The topological polar surface area (TPSA) is 24.9 Å². The summed E-state index contributed by atoms with van der Waals surface area (Å²) in [7, 11) is 0. The van der Waals surface area contributed by atoms with Crippen LogP contribution in [-0.2, 0) is 0 Å². The van der Waals surface area contributed by atoms with Crippen molar-refractivity contribution in [1.82, 2.24) is 4.98 Å². The van der Waals surface area contributed by atoms with E-state index >= 15 is 0 Å². The Kier molecular flexibility index (Phi) is 3.79. The van der Waals surface area contributed by atoms with Gasteiger partial charge in [0.1, 0.15) is 5.82 Å². The second-order valence-electron chi connectivity index (χ2n) is 4.04. The van der Waals surface area contributed by atoms with Gasteiger partial charge in [0.15, 0.2) is 0 Å². The molecule has 2 nitrogen and oxygen atoms in total. The highest BCUT2D eigenvalue weighted by atomic mass is 79.9. The Morgan fingerprint density at radius 2 is 2.18 bits per heavy atom. The molecule has 1 N–H and O–H groups in total. The van der Waals surface area contributed by atoms with Crippen LogP contribution in [0.15, 0.2) is 47.2 Å². The standard InChI is InChI=1S/C14H15BrN2/c1-3-4-10(2)17-14-8-11-5-6-13(15)7-12(11)9-16-14/h5-9H,2-4H2,1H3,(H,16,17). The number of benzene rings is 1. The number of allylic oxidation sites excluding steroid dienone is 1. The predicted molar refractivity (Wildman–Crippen MR) is 77.1 cm³/mol. The van der Waals surface area contributed by atoms with Gasteiger partial charge in [0.05, 0.1) is 0 Å². The maximum atomic E-state index is 4.38. The number of nitrogens with one attached hydrogen (secondary N) is 1. The number of pyridine rings is 1. The summed E-state index contributed by atoms with van der Waals surface area (Å²) in [6, 6.07) is 8.22. The van der Waals surface area contributed by atoms with Crippen molar-refractivity contribution in [1.29, 1.82) is 0 Å². The number of nitrogens with zero attached hydrogens (tertiary/aromatic N) is 1. The van der Waals surface area contributed by atoms with Crippen molar-refractivity contribution < 1.29 is 0 Å². The minimum Gasteiger partial charge on any atom is -0.344 e. The molecular weight excluding hydrogens is 276 g/mol. The molecule has 88 valence electrons. The van der Waals surface area contributed by atoms with Crippen LogP contribution < -0.4 is 5.32 Å². The molecule has 0 fully saturated rings. The van der Waals surface area contributed by atoms with E-state index in [4.69, 9.17) is 0 Å². The quantitative estimate of drug-likeness (QED) is 0.881. The van der Waals surface area contributed by atoms with Crippen LogP contribution in [-0.4, -0.2) is 4.98 Å². The average molecular weight is 291 g/mol. The van der Waals surface area contributed by atoms with Crippen molar-refractivity contribution in [3.05, 3.63) is 47.2 Å². The number of fused-ring (bicyclic) bond motifs is 1. The number of anilines is 1. The lowest BCUT2D eigenvalue weighted by atomic mass is 10.2. The second kappa shape index (κ2) is 5.32. The van der Waals surface area contributed by atoms with Crippen LogP contribution in [0, 0.1) is 0 Å². The van der Waals surface area contributed by atoms with Gasteiger partial charge in [-0.2, -0.15) is 0 Å². The second-order valence-corrected chi connectivity index (χ2v) is 4.96. The summed E-state index contributed by atoms with van der Waals surface area (Å²) in [6.07, 6.45) is 3.94. The summed E-state index contributed by atoms with van der Waals surface area (Å²) < 4.78 is 1.07. The highest BCUT2D eigenvalue weighted by Gasteiger charge is 2.00. The Bertz CT molecular complexity index is 549. The molecule has 2 rings (SSSR count). The van der Waals surface area contributed by atoms with Gasteiger partial charge in [-0.1, -0.05) is 41.9 Å². The lowest BCUT2D eigenvalue weighted by Gasteiger charge is -2.08. The molecule has 17 heavy (non-hydrogen) atoms. The van der Waals surface area contributed by atoms with Gasteiger partial charge in [-0.05, 0) is 30.0 Å². The van der Waals surface area contributed by atoms with Gasteiger partial charge >= 0.3 is 0 Å². The number of aromatic nitrogens is 1. The first-order valence-corrected chi connectivity index (χ1v) is 6.48. The molecule has 0 unspecified atom stereocenters. The normalized spacial score (nSPS) is 10.5. The monoisotopic (exact) mass is 290 g/mol. The molecule has 1 aromatic heterocycles. The summed E-state index contributed by atoms with van der Waals surface area (Å²) in [6.45, 7) is 6.11. The zero-order valence-corrected chi connectivity index (χ0v) is 11.4. The van der Waals surface area contributed by atoms with Crippen molar-refractivity contribution in [2.75, 3.05) is 5.32 Å². The van der Waals surface area contributed by atoms with Gasteiger partial charge < -0.3 is 5.32 Å². The number of hydrogen-bond donors (Lipinski definition) is 1. The third-order valence-corrected chi connectivity index (χ3v) is 3.03. The van der Waals surface area contributed by atoms with E-state index in [0.717, 1.165) is 34.2 Å². The smallest absolute Gasteiger partial charge is 0.130 e. The van der Waals surface area contributed by atoms with Crippen molar-refractivity contribution in [2.45, 2.75) is 19.8 Å². The van der Waals surface area contributed by atoms with Gasteiger partial charge in [0, 0.05) is 21.8 Å². The van der Waals surface area contributed by atoms with Crippen molar-refractivity contribution >= 4 is 32.5 Å². The lowest BCUT2D eigenvalue weighted by molar-refractivity contribution is 0.911. The first-order valence-electron chi connectivity index (χ1n) is 5.69. The van der Waals surface area contributed by atoms with Crippen LogP contribution in [0.5, 0.6) is 0 Å². The fourth-order valence-corrected chi connectivity index (χ4v) is 2.11. The first kappa shape index (κ1) is 12.1. The fraction of sp³-hybridized carbons (Fsp3) is 0.214. The van der Waals surface area contributed by atoms with Crippen LogP contribution in [0.3, 0.4) is 0 Å². The third-order valence-electron chi connectivity index (χ3n) is 2.54. The van der Waals surface area contributed by atoms with E-state index in [-0.39, 0.29) is 0 Å². The molecule has 0 aliphatic rings. The predicted octanol–water partition coefficient (Wildman–Crippen LogP) is 4.72. The Morgan fingerprint density at radius 1 is 1.35 bits per heavy atom. The van der Waals surface area contributed by atoms with E-state index in [1.807, 2.05) is 18.3 Å². The first-order chi connectivity index (χ1) is 8.19. The van der Waals surface area contributed by atoms with E-state index in [1.165, 1.54) is 5.39 Å². The number of rotatable bonds is 4. The van der Waals surface area contributed by atoms with E-state index in [9.17, 15) is 0 Å². The van der Waals surface area contributed by atoms with E-state index in [0.29, 0.717) is 0 Å². The molecule has 0 saturated heterocycles. The maximum absolute atomic E-state index is 4.38. The number of halogens is 1. The minimum atomic E-state index is 0.860. The summed E-state index contributed by atoms with van der Waals surface area (Å²) >= 11 is 3.45. The molecule has 1 aromatic carbocycles. The molecule has 1 heterocycles. The molecule has 0 radical (unpaired) electrons. The van der Waals surface area contributed by atoms with Crippen LogP contribution in [0.25, 0.3) is 10.8 Å². The van der Waals surface area contributed by atoms with Crippen LogP contribution in [0.4, 0.5) is 5.82 Å². The summed E-state index contributed by atoms with van der Waals surface area (Å²) in [5.41, 5.74) is 1.01. The van der Waals surface area contributed by atoms with E-state index in [2.05, 4.69) is 51.9 Å². The lowest BCUT2D eigenvalue weighted by Crippen LogP contribution is -1.99. The molecule has 3 heteroatoms. The zero-order valence-electron chi connectivity index (χ0n) is 9.83. The van der Waals surface area contributed by atoms with Crippen LogP contribution >= 0.6 is 15.9 Å². The van der Waals surface area contributed by atoms with E-state index < -0.39 is 0 Å². The molecule has 2 aromatic rings. The summed E-state index contributed by atoms with van der Waals surface area (Å²) in [5.74, 6) is 0.860. The minimum absolute atomic E-state index is 0.860. The van der Waals surface area contributed by atoms with Gasteiger partial charge in [-0.15, -0.1) is 0 Å². The molecular formula is C14H15BrN2.